The van der Waals surface area contributed by atoms with Crippen LogP contribution in [0.1, 0.15) is 34.1 Å². The summed E-state index contributed by atoms with van der Waals surface area (Å²) in [7, 11) is 0. The van der Waals surface area contributed by atoms with Crippen LogP contribution in [0, 0.1) is 16.6 Å². The smallest absolute Gasteiger partial charge is 0.309 e. The Morgan fingerprint density at radius 1 is 1.30 bits per heavy atom. The van der Waals surface area contributed by atoms with E-state index in [-0.39, 0.29) is 17.0 Å². The van der Waals surface area contributed by atoms with Crippen molar-refractivity contribution >= 4 is 17.6 Å². The molecule has 112 valence electrons. The van der Waals surface area contributed by atoms with Gasteiger partial charge in [-0.3, -0.25) is 4.79 Å². The molecule has 1 rings (SSSR count). The fraction of sp³-hybridized carbons (Fsp3) is 0.533. The molecule has 0 fully saturated rings. The first kappa shape index (κ1) is 16.8. The zero-order chi connectivity index (χ0) is 15.6. The van der Waals surface area contributed by atoms with Crippen LogP contribution in [0.25, 0.3) is 0 Å². The Morgan fingerprint density at radius 2 is 1.90 bits per heavy atom. The molecule has 20 heavy (non-hydrogen) atoms. The topological polar surface area (TPSA) is 46.5 Å². The van der Waals surface area contributed by atoms with Gasteiger partial charge in [0.15, 0.2) is 0 Å². The largest absolute Gasteiger partial charge is 0.493 e. The minimum Gasteiger partial charge on any atom is -0.493 e. The molecule has 0 aliphatic heterocycles. The Hall–Kier alpha value is -1.29. The highest BCUT2D eigenvalue weighted by Gasteiger charge is 2.35. The van der Waals surface area contributed by atoms with E-state index in [0.717, 1.165) is 0 Å². The van der Waals surface area contributed by atoms with Crippen molar-refractivity contribution in [3.05, 3.63) is 29.0 Å². The van der Waals surface area contributed by atoms with Crippen LogP contribution in [0.3, 0.4) is 0 Å². The van der Waals surface area contributed by atoms with Crippen molar-refractivity contribution in [2.24, 2.45) is 10.8 Å². The Kier molecular flexibility index (Phi) is 5.03. The summed E-state index contributed by atoms with van der Waals surface area (Å²) >= 11 is 5.75. The van der Waals surface area contributed by atoms with Crippen molar-refractivity contribution in [1.29, 1.82) is 0 Å². The fourth-order valence-corrected chi connectivity index (χ4v) is 2.43. The number of halogens is 2. The maximum atomic E-state index is 13.2. The molecular formula is C15H20ClFO3. The highest BCUT2D eigenvalue weighted by atomic mass is 35.5. The van der Waals surface area contributed by atoms with Gasteiger partial charge >= 0.3 is 5.97 Å². The van der Waals surface area contributed by atoms with Crippen LogP contribution in [-0.4, -0.2) is 17.7 Å². The van der Waals surface area contributed by atoms with Gasteiger partial charge in [-0.15, -0.1) is 0 Å². The van der Waals surface area contributed by atoms with Crippen LogP contribution in [0.15, 0.2) is 18.2 Å². The lowest BCUT2D eigenvalue weighted by Crippen LogP contribution is -2.33. The fourth-order valence-electron chi connectivity index (χ4n) is 2.21. The van der Waals surface area contributed by atoms with Crippen LogP contribution in [0.4, 0.5) is 4.39 Å². The maximum Gasteiger partial charge on any atom is 0.309 e. The van der Waals surface area contributed by atoms with E-state index >= 15 is 0 Å². The molecule has 0 heterocycles. The Morgan fingerprint density at radius 3 is 2.40 bits per heavy atom. The molecule has 3 nitrogen and oxygen atoms in total. The minimum atomic E-state index is -0.848. The monoisotopic (exact) mass is 302 g/mol. The summed E-state index contributed by atoms with van der Waals surface area (Å²) in [6.07, 6.45) is 0.443. The molecule has 0 aromatic heterocycles. The molecule has 0 aliphatic rings. The minimum absolute atomic E-state index is 0.267. The summed E-state index contributed by atoms with van der Waals surface area (Å²) in [5, 5.41) is 9.42. The molecule has 0 aliphatic carbocycles. The van der Waals surface area contributed by atoms with Crippen molar-refractivity contribution in [3.63, 3.8) is 0 Å². The van der Waals surface area contributed by atoms with Crippen molar-refractivity contribution in [2.75, 3.05) is 6.61 Å². The Balaban J connectivity index is 2.70. The molecule has 0 spiro atoms. The first-order valence-corrected chi connectivity index (χ1v) is 6.72. The van der Waals surface area contributed by atoms with E-state index in [1.165, 1.54) is 18.2 Å². The lowest BCUT2D eigenvalue weighted by molar-refractivity contribution is -0.148. The first-order chi connectivity index (χ1) is 9.02. The van der Waals surface area contributed by atoms with Crippen LogP contribution < -0.4 is 4.74 Å². The van der Waals surface area contributed by atoms with Crippen molar-refractivity contribution < 1.29 is 19.0 Å². The second-order valence-electron chi connectivity index (χ2n) is 6.42. The first-order valence-electron chi connectivity index (χ1n) is 6.34. The van der Waals surface area contributed by atoms with E-state index < -0.39 is 17.2 Å². The van der Waals surface area contributed by atoms with E-state index in [9.17, 15) is 9.18 Å². The summed E-state index contributed by atoms with van der Waals surface area (Å²) in [4.78, 5) is 11.2. The molecule has 0 unspecified atom stereocenters. The number of carboxylic acids is 1. The number of carboxylic acid groups (broad SMARTS) is 1. The third-order valence-electron chi connectivity index (χ3n) is 2.97. The average Bonchev–Trinajstić information content (AvgIpc) is 2.23. The number of hydrogen-bond acceptors (Lipinski definition) is 2. The number of benzene rings is 1. The number of ether oxygens (including phenoxy) is 1. The van der Waals surface area contributed by atoms with Crippen molar-refractivity contribution in [2.45, 2.75) is 34.1 Å². The predicted octanol–water partition coefficient (Wildman–Crippen LogP) is 4.39. The number of aliphatic carboxylic acids is 1. The molecule has 0 radical (unpaired) electrons. The zero-order valence-electron chi connectivity index (χ0n) is 12.2. The van der Waals surface area contributed by atoms with Gasteiger partial charge in [-0.1, -0.05) is 25.4 Å². The lowest BCUT2D eigenvalue weighted by atomic mass is 9.75. The molecule has 0 bridgehead atoms. The number of hydrogen-bond donors (Lipinski definition) is 1. The average molecular weight is 303 g/mol. The molecule has 0 saturated heterocycles. The van der Waals surface area contributed by atoms with E-state index in [1.807, 2.05) is 13.8 Å². The van der Waals surface area contributed by atoms with Crippen LogP contribution in [0.5, 0.6) is 5.75 Å². The van der Waals surface area contributed by atoms with Gasteiger partial charge < -0.3 is 9.84 Å². The second-order valence-corrected chi connectivity index (χ2v) is 6.86. The standard InChI is InChI=1S/C15H20ClFO3/c1-14(2,8-15(3,4)13(18)19)9-20-12-6-10(16)5-11(17)7-12/h5-7H,8-9H2,1-4H3,(H,18,19). The summed E-state index contributed by atoms with van der Waals surface area (Å²) in [5.74, 6) is -0.966. The number of rotatable bonds is 6. The summed E-state index contributed by atoms with van der Waals surface area (Å²) in [5.41, 5.74) is -1.20. The van der Waals surface area contributed by atoms with Crippen molar-refractivity contribution in [3.8, 4) is 5.75 Å². The Labute approximate surface area is 123 Å². The lowest BCUT2D eigenvalue weighted by Gasteiger charge is -2.31. The number of carbonyl (C=O) groups is 1. The summed E-state index contributed by atoms with van der Waals surface area (Å²) in [6, 6.07) is 3.99. The van der Waals surface area contributed by atoms with Crippen molar-refractivity contribution in [1.82, 2.24) is 0 Å². The van der Waals surface area contributed by atoms with E-state index in [2.05, 4.69) is 0 Å². The molecule has 5 heteroatoms. The van der Waals surface area contributed by atoms with Gasteiger partial charge in [0.05, 0.1) is 12.0 Å². The third kappa shape index (κ3) is 5.00. The molecule has 1 aromatic rings. The van der Waals surface area contributed by atoms with Crippen LogP contribution in [-0.2, 0) is 4.79 Å². The zero-order valence-corrected chi connectivity index (χ0v) is 12.9. The van der Waals surface area contributed by atoms with Gasteiger partial charge in [-0.2, -0.15) is 0 Å². The SMILES string of the molecule is CC(C)(COc1cc(F)cc(Cl)c1)CC(C)(C)C(=O)O. The Bertz CT molecular complexity index is 478. The van der Waals surface area contributed by atoms with Gasteiger partial charge in [0.1, 0.15) is 11.6 Å². The van der Waals surface area contributed by atoms with E-state index in [0.29, 0.717) is 12.2 Å². The molecule has 1 aromatic carbocycles. The predicted molar refractivity (Wildman–Crippen MR) is 76.7 cm³/mol. The van der Waals surface area contributed by atoms with E-state index in [1.54, 1.807) is 13.8 Å². The van der Waals surface area contributed by atoms with Gasteiger partial charge in [0, 0.05) is 11.1 Å². The van der Waals surface area contributed by atoms with Gasteiger partial charge in [-0.25, -0.2) is 4.39 Å². The molecule has 0 atom stereocenters. The normalized spacial score (nSPS) is 12.3. The quantitative estimate of drug-likeness (QED) is 0.848. The summed E-state index contributed by atoms with van der Waals surface area (Å²) in [6.45, 7) is 7.47. The van der Waals surface area contributed by atoms with Gasteiger partial charge in [-0.05, 0) is 37.8 Å². The molecule has 0 saturated carbocycles. The molecule has 1 N–H and O–H groups in total. The highest BCUT2D eigenvalue weighted by molar-refractivity contribution is 6.30. The van der Waals surface area contributed by atoms with Gasteiger partial charge in [0.25, 0.3) is 0 Å². The molecule has 0 amide bonds. The third-order valence-corrected chi connectivity index (χ3v) is 3.18. The highest BCUT2D eigenvalue weighted by Crippen LogP contribution is 2.34. The van der Waals surface area contributed by atoms with E-state index in [4.69, 9.17) is 21.4 Å². The van der Waals surface area contributed by atoms with Gasteiger partial charge in [0.2, 0.25) is 0 Å². The second kappa shape index (κ2) is 6.00. The van der Waals surface area contributed by atoms with Crippen LogP contribution >= 0.6 is 11.6 Å². The van der Waals surface area contributed by atoms with Crippen LogP contribution in [0.2, 0.25) is 5.02 Å². The molecular weight excluding hydrogens is 283 g/mol. The summed E-state index contributed by atoms with van der Waals surface area (Å²) < 4.78 is 18.7. The maximum absolute atomic E-state index is 13.2.